The smallest absolute Gasteiger partial charge is 0.0608 e. The van der Waals surface area contributed by atoms with Crippen LogP contribution in [-0.2, 0) is 9.73 Å². The van der Waals surface area contributed by atoms with Crippen LogP contribution >= 0.6 is 0 Å². The molecule has 1 fully saturated rings. The third kappa shape index (κ3) is 1.95. The molecule has 0 unspecified atom stereocenters. The summed E-state index contributed by atoms with van der Waals surface area (Å²) in [5, 5.41) is 2.97. The number of rotatable bonds is 3. The van der Waals surface area contributed by atoms with Crippen molar-refractivity contribution < 1.29 is 4.21 Å². The van der Waals surface area contributed by atoms with E-state index in [0.717, 1.165) is 24.5 Å². The molecule has 10 heavy (non-hydrogen) atoms. The van der Waals surface area contributed by atoms with Gasteiger partial charge in [-0.25, -0.2) is 8.57 Å². The number of nitrogens with one attached hydrogen (secondary N) is 1. The quantitative estimate of drug-likeness (QED) is 0.597. The Hall–Kier alpha value is -0.0900. The van der Waals surface area contributed by atoms with Crippen LogP contribution in [0.15, 0.2) is 4.36 Å². The van der Waals surface area contributed by atoms with Gasteiger partial charge < -0.3 is 5.32 Å². The lowest BCUT2D eigenvalue weighted by Crippen LogP contribution is -2.25. The summed E-state index contributed by atoms with van der Waals surface area (Å²) < 4.78 is 15.4. The second-order valence-corrected chi connectivity index (χ2v) is 5.11. The van der Waals surface area contributed by atoms with Crippen LogP contribution in [0.4, 0.5) is 0 Å². The second kappa shape index (κ2) is 3.34. The third-order valence-electron chi connectivity index (χ3n) is 1.61. The normalized spacial score (nSPS) is 21.7. The molecular formula is C6H14N2OS. The first-order valence-corrected chi connectivity index (χ1v) is 5.45. The molecule has 1 saturated heterocycles. The van der Waals surface area contributed by atoms with Crippen LogP contribution in [0, 0.1) is 0 Å². The zero-order chi connectivity index (χ0) is 7.45. The molecule has 1 aliphatic rings. The van der Waals surface area contributed by atoms with Gasteiger partial charge in [-0.2, -0.15) is 0 Å². The first kappa shape index (κ1) is 8.01. The van der Waals surface area contributed by atoms with E-state index in [1.807, 2.05) is 7.05 Å². The standard InChI is InChI=1S/C6H14N2OS/c1-7-3-4-8-10(9)5-2-6-10/h7H,2-6H2,1H3. The van der Waals surface area contributed by atoms with Crippen molar-refractivity contribution in [2.75, 3.05) is 31.6 Å². The number of likely N-dealkylation sites (N-methyl/N-ethyl adjacent to an activating group) is 1. The Morgan fingerprint density at radius 2 is 2.30 bits per heavy atom. The van der Waals surface area contributed by atoms with Crippen LogP contribution in [0.5, 0.6) is 0 Å². The summed E-state index contributed by atoms with van der Waals surface area (Å²) in [6.45, 7) is 1.55. The minimum absolute atomic E-state index is 0.704. The van der Waals surface area contributed by atoms with Crippen LogP contribution in [-0.4, -0.2) is 35.9 Å². The van der Waals surface area contributed by atoms with Gasteiger partial charge in [0.15, 0.2) is 0 Å². The van der Waals surface area contributed by atoms with Gasteiger partial charge in [-0.3, -0.25) is 0 Å². The fraction of sp³-hybridized carbons (Fsp3) is 1.00. The molecule has 3 nitrogen and oxygen atoms in total. The van der Waals surface area contributed by atoms with Gasteiger partial charge in [0.25, 0.3) is 0 Å². The maximum Gasteiger partial charge on any atom is 0.0608 e. The molecule has 0 bridgehead atoms. The van der Waals surface area contributed by atoms with Gasteiger partial charge in [0.1, 0.15) is 0 Å². The van der Waals surface area contributed by atoms with Crippen LogP contribution in [0.25, 0.3) is 0 Å². The van der Waals surface area contributed by atoms with Gasteiger partial charge in [0.2, 0.25) is 0 Å². The Bertz CT molecular complexity index is 196. The van der Waals surface area contributed by atoms with Gasteiger partial charge in [0, 0.05) is 27.8 Å². The van der Waals surface area contributed by atoms with E-state index in [4.69, 9.17) is 0 Å². The molecule has 1 heterocycles. The van der Waals surface area contributed by atoms with Gasteiger partial charge in [0.05, 0.1) is 6.54 Å². The summed E-state index contributed by atoms with van der Waals surface area (Å²) >= 11 is 0. The number of hydrogen-bond acceptors (Lipinski definition) is 3. The summed E-state index contributed by atoms with van der Waals surface area (Å²) in [4.78, 5) is 0. The molecule has 0 amide bonds. The van der Waals surface area contributed by atoms with Crippen LogP contribution in [0.1, 0.15) is 6.42 Å². The van der Waals surface area contributed by atoms with Crippen LogP contribution < -0.4 is 5.32 Å². The topological polar surface area (TPSA) is 41.5 Å². The first-order chi connectivity index (χ1) is 4.77. The fourth-order valence-corrected chi connectivity index (χ4v) is 2.31. The minimum Gasteiger partial charge on any atom is -0.318 e. The molecule has 0 aromatic carbocycles. The Kier molecular flexibility index (Phi) is 2.68. The molecule has 0 aliphatic carbocycles. The summed E-state index contributed by atoms with van der Waals surface area (Å²) in [6.07, 6.45) is 1.10. The van der Waals surface area contributed by atoms with E-state index >= 15 is 0 Å². The van der Waals surface area contributed by atoms with E-state index in [1.165, 1.54) is 0 Å². The molecule has 0 atom stereocenters. The van der Waals surface area contributed by atoms with E-state index in [-0.39, 0.29) is 0 Å². The maximum absolute atomic E-state index is 11.3. The summed E-state index contributed by atoms with van der Waals surface area (Å²) in [6, 6.07) is 0. The van der Waals surface area contributed by atoms with Crippen molar-refractivity contribution in [3.05, 3.63) is 0 Å². The monoisotopic (exact) mass is 162 g/mol. The number of hydrogen-bond donors (Lipinski definition) is 1. The number of nitrogens with zero attached hydrogens (tertiary/aromatic N) is 1. The largest absolute Gasteiger partial charge is 0.318 e. The highest BCUT2D eigenvalue weighted by atomic mass is 32.2. The Labute approximate surface area is 62.4 Å². The SMILES string of the molecule is CNCCN=S1(=O)CCC1. The molecule has 1 N–H and O–H groups in total. The van der Waals surface area contributed by atoms with Crippen LogP contribution in [0.3, 0.4) is 0 Å². The van der Waals surface area contributed by atoms with Crippen molar-refractivity contribution in [3.8, 4) is 0 Å². The van der Waals surface area contributed by atoms with Crippen molar-refractivity contribution in [3.63, 3.8) is 0 Å². The highest BCUT2D eigenvalue weighted by Crippen LogP contribution is 2.11. The van der Waals surface area contributed by atoms with E-state index in [9.17, 15) is 4.21 Å². The van der Waals surface area contributed by atoms with Gasteiger partial charge in [-0.1, -0.05) is 0 Å². The molecule has 0 aromatic heterocycles. The van der Waals surface area contributed by atoms with Gasteiger partial charge >= 0.3 is 0 Å². The second-order valence-electron chi connectivity index (χ2n) is 2.49. The van der Waals surface area contributed by atoms with Gasteiger partial charge in [-0.05, 0) is 13.5 Å². The van der Waals surface area contributed by atoms with E-state index in [0.29, 0.717) is 6.54 Å². The molecule has 0 saturated carbocycles. The lowest BCUT2D eigenvalue weighted by atomic mass is 10.5. The average molecular weight is 162 g/mol. The molecular weight excluding hydrogens is 148 g/mol. The minimum atomic E-state index is -1.68. The molecule has 4 heteroatoms. The van der Waals surface area contributed by atoms with Crippen molar-refractivity contribution in [2.24, 2.45) is 4.36 Å². The Balaban J connectivity index is 2.32. The molecule has 0 radical (unpaired) electrons. The summed E-state index contributed by atoms with van der Waals surface area (Å²) in [5.41, 5.74) is 0. The molecule has 60 valence electrons. The van der Waals surface area contributed by atoms with Crippen molar-refractivity contribution in [1.82, 2.24) is 5.32 Å². The average Bonchev–Trinajstić information content (AvgIpc) is 1.85. The van der Waals surface area contributed by atoms with Crippen molar-refractivity contribution >= 4 is 9.73 Å². The van der Waals surface area contributed by atoms with Crippen molar-refractivity contribution in [2.45, 2.75) is 6.42 Å². The molecule has 1 aliphatic heterocycles. The highest BCUT2D eigenvalue weighted by molar-refractivity contribution is 7.94. The molecule has 0 spiro atoms. The fourth-order valence-electron chi connectivity index (χ4n) is 0.844. The molecule has 1 rings (SSSR count). The van der Waals surface area contributed by atoms with Crippen molar-refractivity contribution in [1.29, 1.82) is 0 Å². The van der Waals surface area contributed by atoms with E-state index < -0.39 is 9.73 Å². The highest BCUT2D eigenvalue weighted by Gasteiger charge is 2.17. The summed E-state index contributed by atoms with van der Waals surface area (Å²) in [5.74, 6) is 1.66. The maximum atomic E-state index is 11.3. The predicted molar refractivity (Wildman–Crippen MR) is 43.7 cm³/mol. The van der Waals surface area contributed by atoms with E-state index in [2.05, 4.69) is 9.68 Å². The summed E-state index contributed by atoms with van der Waals surface area (Å²) in [7, 11) is 0.202. The molecule has 0 aromatic rings. The Morgan fingerprint density at radius 3 is 2.70 bits per heavy atom. The zero-order valence-electron chi connectivity index (χ0n) is 6.30. The van der Waals surface area contributed by atoms with Gasteiger partial charge in [-0.15, -0.1) is 0 Å². The first-order valence-electron chi connectivity index (χ1n) is 3.60. The van der Waals surface area contributed by atoms with Crippen LogP contribution in [0.2, 0.25) is 0 Å². The zero-order valence-corrected chi connectivity index (χ0v) is 7.12. The van der Waals surface area contributed by atoms with E-state index in [1.54, 1.807) is 0 Å². The third-order valence-corrected chi connectivity index (χ3v) is 4.12. The lowest BCUT2D eigenvalue weighted by Gasteiger charge is -2.17. The predicted octanol–water partition coefficient (Wildman–Crippen LogP) is 0.0775. The lowest BCUT2D eigenvalue weighted by molar-refractivity contribution is 0.659. The Morgan fingerprint density at radius 1 is 1.60 bits per heavy atom.